The lowest BCUT2D eigenvalue weighted by Crippen LogP contribution is -1.81. The van der Waals surface area contributed by atoms with Gasteiger partial charge in [-0.15, -0.1) is 0 Å². The number of hydrogen-bond acceptors (Lipinski definition) is 1. The van der Waals surface area contributed by atoms with E-state index in [1.165, 1.54) is 18.2 Å². The molecule has 3 nitrogen and oxygen atoms in total. The quantitative estimate of drug-likeness (QED) is 0.242. The standard InChI is InChI=1S/C10H7ClFN3/c11-10-5-4-9(12)7-8(10)3-1-2-6-14-15-13/h4-5,7H,2,6H2. The fourth-order valence-corrected chi connectivity index (χ4v) is 1.07. The van der Waals surface area contributed by atoms with Crippen LogP contribution in [0.2, 0.25) is 5.02 Å². The molecule has 0 heterocycles. The van der Waals surface area contributed by atoms with Gasteiger partial charge >= 0.3 is 0 Å². The third-order valence-electron chi connectivity index (χ3n) is 1.55. The molecule has 15 heavy (non-hydrogen) atoms. The van der Waals surface area contributed by atoms with E-state index in [-0.39, 0.29) is 5.82 Å². The van der Waals surface area contributed by atoms with E-state index < -0.39 is 0 Å². The summed E-state index contributed by atoms with van der Waals surface area (Å²) in [6.07, 6.45) is 0.427. The normalized spacial score (nSPS) is 8.67. The maximum absolute atomic E-state index is 12.8. The predicted molar refractivity (Wildman–Crippen MR) is 56.9 cm³/mol. The molecule has 0 aliphatic heterocycles. The van der Waals surface area contributed by atoms with Crippen LogP contribution in [0.3, 0.4) is 0 Å². The average Bonchev–Trinajstić information content (AvgIpc) is 2.23. The molecule has 0 unspecified atom stereocenters. The number of rotatable bonds is 2. The van der Waals surface area contributed by atoms with E-state index in [9.17, 15) is 4.39 Å². The topological polar surface area (TPSA) is 48.8 Å². The second kappa shape index (κ2) is 5.92. The van der Waals surface area contributed by atoms with Gasteiger partial charge in [0, 0.05) is 23.4 Å². The van der Waals surface area contributed by atoms with Crippen molar-refractivity contribution in [3.8, 4) is 11.8 Å². The van der Waals surface area contributed by atoms with Gasteiger partial charge in [-0.3, -0.25) is 0 Å². The van der Waals surface area contributed by atoms with Crippen LogP contribution >= 0.6 is 11.6 Å². The lowest BCUT2D eigenvalue weighted by molar-refractivity contribution is 0.627. The second-order valence-electron chi connectivity index (χ2n) is 2.63. The first-order valence-electron chi connectivity index (χ1n) is 4.19. The Labute approximate surface area is 91.5 Å². The van der Waals surface area contributed by atoms with Crippen molar-refractivity contribution in [3.05, 3.63) is 45.0 Å². The van der Waals surface area contributed by atoms with Gasteiger partial charge in [-0.2, -0.15) is 0 Å². The highest BCUT2D eigenvalue weighted by Crippen LogP contribution is 2.15. The van der Waals surface area contributed by atoms with E-state index in [0.717, 1.165) is 0 Å². The Kier molecular flexibility index (Phi) is 4.49. The van der Waals surface area contributed by atoms with Crippen molar-refractivity contribution in [2.24, 2.45) is 5.11 Å². The molecular formula is C10H7ClFN3. The van der Waals surface area contributed by atoms with Crippen molar-refractivity contribution in [3.63, 3.8) is 0 Å². The molecule has 0 radical (unpaired) electrons. The van der Waals surface area contributed by atoms with E-state index in [1.54, 1.807) is 0 Å². The summed E-state index contributed by atoms with van der Waals surface area (Å²) in [5.41, 5.74) is 8.44. The summed E-state index contributed by atoms with van der Waals surface area (Å²) in [6, 6.07) is 3.99. The second-order valence-corrected chi connectivity index (χ2v) is 3.04. The van der Waals surface area contributed by atoms with E-state index >= 15 is 0 Å². The van der Waals surface area contributed by atoms with Crippen molar-refractivity contribution in [1.29, 1.82) is 0 Å². The van der Waals surface area contributed by atoms with Gasteiger partial charge in [-0.05, 0) is 23.7 Å². The molecule has 1 aromatic carbocycles. The summed E-state index contributed by atoms with van der Waals surface area (Å²) >= 11 is 5.79. The average molecular weight is 224 g/mol. The molecule has 0 spiro atoms. The SMILES string of the molecule is [N-]=[N+]=NCCC#Cc1cc(F)ccc1Cl. The van der Waals surface area contributed by atoms with Crippen LogP contribution in [0.25, 0.3) is 10.4 Å². The zero-order valence-electron chi connectivity index (χ0n) is 7.74. The molecule has 0 saturated heterocycles. The minimum Gasteiger partial charge on any atom is -0.207 e. The van der Waals surface area contributed by atoms with Crippen molar-refractivity contribution in [2.45, 2.75) is 6.42 Å². The number of halogens is 2. The molecule has 1 rings (SSSR count). The van der Waals surface area contributed by atoms with Crippen LogP contribution in [0.15, 0.2) is 23.3 Å². The minimum absolute atomic E-state index is 0.302. The fraction of sp³-hybridized carbons (Fsp3) is 0.200. The summed E-state index contributed by atoms with van der Waals surface area (Å²) in [4.78, 5) is 2.58. The van der Waals surface area contributed by atoms with Crippen molar-refractivity contribution in [2.75, 3.05) is 6.54 Å². The van der Waals surface area contributed by atoms with Crippen LogP contribution in [-0.4, -0.2) is 6.54 Å². The number of azide groups is 1. The molecule has 0 amide bonds. The van der Waals surface area contributed by atoms with Crippen molar-refractivity contribution < 1.29 is 4.39 Å². The van der Waals surface area contributed by atoms with Crippen molar-refractivity contribution >= 4 is 11.6 Å². The van der Waals surface area contributed by atoms with Crippen LogP contribution in [0, 0.1) is 17.7 Å². The van der Waals surface area contributed by atoms with Crippen LogP contribution in [-0.2, 0) is 0 Å². The molecule has 0 bridgehead atoms. The Bertz CT molecular complexity index is 455. The highest BCUT2D eigenvalue weighted by Gasteiger charge is 1.97. The van der Waals surface area contributed by atoms with Gasteiger partial charge in [-0.1, -0.05) is 28.6 Å². The zero-order valence-corrected chi connectivity index (χ0v) is 8.50. The Morgan fingerprint density at radius 1 is 1.53 bits per heavy atom. The van der Waals surface area contributed by atoms with Crippen LogP contribution in [0.1, 0.15) is 12.0 Å². The molecule has 0 fully saturated rings. The largest absolute Gasteiger partial charge is 0.207 e. The molecule has 0 atom stereocenters. The summed E-state index contributed by atoms with van der Waals surface area (Å²) in [5.74, 6) is 5.07. The van der Waals surface area contributed by atoms with Gasteiger partial charge in [0.15, 0.2) is 0 Å². The lowest BCUT2D eigenvalue weighted by Gasteiger charge is -1.94. The zero-order chi connectivity index (χ0) is 11.1. The van der Waals surface area contributed by atoms with E-state index in [0.29, 0.717) is 23.6 Å². The third kappa shape index (κ3) is 3.90. The van der Waals surface area contributed by atoms with Crippen LogP contribution in [0.4, 0.5) is 4.39 Å². The molecule has 0 aromatic heterocycles. The van der Waals surface area contributed by atoms with Gasteiger partial charge < -0.3 is 0 Å². The molecule has 1 aromatic rings. The highest BCUT2D eigenvalue weighted by molar-refractivity contribution is 6.31. The Balaban J connectivity index is 2.70. The van der Waals surface area contributed by atoms with E-state index in [4.69, 9.17) is 17.1 Å². The lowest BCUT2D eigenvalue weighted by atomic mass is 10.2. The van der Waals surface area contributed by atoms with E-state index in [2.05, 4.69) is 21.9 Å². The first-order valence-corrected chi connectivity index (χ1v) is 4.56. The maximum Gasteiger partial charge on any atom is 0.124 e. The molecule has 5 heteroatoms. The molecule has 0 N–H and O–H groups in total. The predicted octanol–water partition coefficient (Wildman–Crippen LogP) is 3.53. The van der Waals surface area contributed by atoms with Gasteiger partial charge in [0.25, 0.3) is 0 Å². The Morgan fingerprint density at radius 3 is 3.07 bits per heavy atom. The molecular weight excluding hydrogens is 217 g/mol. The molecule has 0 saturated carbocycles. The first kappa shape index (κ1) is 11.4. The highest BCUT2D eigenvalue weighted by atomic mass is 35.5. The van der Waals surface area contributed by atoms with Gasteiger partial charge in [0.1, 0.15) is 5.82 Å². The Morgan fingerprint density at radius 2 is 2.33 bits per heavy atom. The minimum atomic E-state index is -0.376. The Hall–Kier alpha value is -1.69. The summed E-state index contributed by atoms with van der Waals surface area (Å²) < 4.78 is 12.8. The smallest absolute Gasteiger partial charge is 0.124 e. The maximum atomic E-state index is 12.8. The summed E-state index contributed by atoms with van der Waals surface area (Å²) in [5, 5.41) is 3.72. The van der Waals surface area contributed by atoms with Gasteiger partial charge in [-0.25, -0.2) is 4.39 Å². The number of hydrogen-bond donors (Lipinski definition) is 0. The first-order chi connectivity index (χ1) is 7.24. The van der Waals surface area contributed by atoms with Crippen molar-refractivity contribution in [1.82, 2.24) is 0 Å². The summed E-state index contributed by atoms with van der Waals surface area (Å²) in [6.45, 7) is 0.302. The summed E-state index contributed by atoms with van der Waals surface area (Å²) in [7, 11) is 0. The van der Waals surface area contributed by atoms with Gasteiger partial charge in [0.05, 0.1) is 5.02 Å². The fourth-order valence-electron chi connectivity index (χ4n) is 0.902. The molecule has 0 aliphatic carbocycles. The monoisotopic (exact) mass is 223 g/mol. The van der Waals surface area contributed by atoms with E-state index in [1.807, 2.05) is 0 Å². The number of nitrogens with zero attached hydrogens (tertiary/aromatic N) is 3. The molecule has 0 aliphatic rings. The number of benzene rings is 1. The van der Waals surface area contributed by atoms with Crippen LogP contribution in [0.5, 0.6) is 0 Å². The third-order valence-corrected chi connectivity index (χ3v) is 1.88. The van der Waals surface area contributed by atoms with Crippen LogP contribution < -0.4 is 0 Å². The molecule has 76 valence electrons. The van der Waals surface area contributed by atoms with Gasteiger partial charge in [0.2, 0.25) is 0 Å².